The number of anilines is 2. The number of hydrogen-bond acceptors (Lipinski definition) is 3. The fraction of sp³-hybridized carbons (Fsp3) is 0.263. The zero-order valence-electron chi connectivity index (χ0n) is 14.1. The van der Waals surface area contributed by atoms with Crippen molar-refractivity contribution >= 4 is 23.3 Å². The number of carbonyl (C=O) groups is 2. The third-order valence-electron chi connectivity index (χ3n) is 3.71. The zero-order valence-corrected chi connectivity index (χ0v) is 14.1. The largest absolute Gasteiger partial charge is 0.493 e. The molecule has 0 radical (unpaired) electrons. The summed E-state index contributed by atoms with van der Waals surface area (Å²) in [6.45, 7) is 0.136. The lowest BCUT2D eigenvalue weighted by atomic mass is 10.2. The van der Waals surface area contributed by atoms with E-state index in [2.05, 4.69) is 16.0 Å². The molecule has 0 aromatic heterocycles. The number of rotatable bonds is 7. The van der Waals surface area contributed by atoms with Crippen LogP contribution in [-0.4, -0.2) is 24.6 Å². The van der Waals surface area contributed by atoms with Crippen molar-refractivity contribution < 1.29 is 18.7 Å². The smallest absolute Gasteiger partial charge is 0.319 e. The highest BCUT2D eigenvalue weighted by molar-refractivity contribution is 5.93. The SMILES string of the molecule is O=C(CCOc1cccc(F)c1)Nc1cccc(NC(=O)NC2CC2)c1. The van der Waals surface area contributed by atoms with Crippen LogP contribution in [0, 0.1) is 5.82 Å². The van der Waals surface area contributed by atoms with Crippen LogP contribution in [0.15, 0.2) is 48.5 Å². The molecule has 0 bridgehead atoms. The van der Waals surface area contributed by atoms with Gasteiger partial charge in [0.15, 0.2) is 0 Å². The fourth-order valence-electron chi connectivity index (χ4n) is 2.30. The first-order valence-electron chi connectivity index (χ1n) is 8.44. The van der Waals surface area contributed by atoms with Crippen LogP contribution in [0.2, 0.25) is 0 Å². The van der Waals surface area contributed by atoms with Crippen molar-refractivity contribution in [3.05, 3.63) is 54.3 Å². The van der Waals surface area contributed by atoms with Crippen molar-refractivity contribution in [3.63, 3.8) is 0 Å². The van der Waals surface area contributed by atoms with Crippen LogP contribution in [0.1, 0.15) is 19.3 Å². The Labute approximate surface area is 150 Å². The molecule has 7 heteroatoms. The summed E-state index contributed by atoms with van der Waals surface area (Å²) in [7, 11) is 0. The molecule has 2 aromatic rings. The summed E-state index contributed by atoms with van der Waals surface area (Å²) in [5.74, 6) is -0.242. The Morgan fingerprint density at radius 1 is 1.04 bits per heavy atom. The van der Waals surface area contributed by atoms with Gasteiger partial charge in [0, 0.05) is 23.5 Å². The van der Waals surface area contributed by atoms with E-state index in [9.17, 15) is 14.0 Å². The van der Waals surface area contributed by atoms with Crippen LogP contribution in [0.3, 0.4) is 0 Å². The first-order valence-corrected chi connectivity index (χ1v) is 8.44. The van der Waals surface area contributed by atoms with E-state index in [-0.39, 0.29) is 36.8 Å². The number of urea groups is 1. The van der Waals surface area contributed by atoms with Gasteiger partial charge in [0.2, 0.25) is 5.91 Å². The molecular formula is C19H20FN3O3. The summed E-state index contributed by atoms with van der Waals surface area (Å²) in [4.78, 5) is 23.7. The van der Waals surface area contributed by atoms with Crippen molar-refractivity contribution in [2.75, 3.05) is 17.2 Å². The Hall–Kier alpha value is -3.09. The Morgan fingerprint density at radius 3 is 2.50 bits per heavy atom. The van der Waals surface area contributed by atoms with Gasteiger partial charge in [-0.15, -0.1) is 0 Å². The summed E-state index contributed by atoms with van der Waals surface area (Å²) < 4.78 is 18.4. The van der Waals surface area contributed by atoms with Crippen molar-refractivity contribution in [3.8, 4) is 5.75 Å². The van der Waals surface area contributed by atoms with Crippen LogP contribution in [-0.2, 0) is 4.79 Å². The van der Waals surface area contributed by atoms with Gasteiger partial charge in [0.25, 0.3) is 0 Å². The van der Waals surface area contributed by atoms with E-state index in [0.29, 0.717) is 17.1 Å². The topological polar surface area (TPSA) is 79.5 Å². The molecule has 0 saturated heterocycles. The predicted octanol–water partition coefficient (Wildman–Crippen LogP) is 3.52. The van der Waals surface area contributed by atoms with E-state index < -0.39 is 0 Å². The lowest BCUT2D eigenvalue weighted by molar-refractivity contribution is -0.116. The number of carbonyl (C=O) groups excluding carboxylic acids is 2. The second kappa shape index (κ2) is 8.33. The van der Waals surface area contributed by atoms with Gasteiger partial charge in [-0.1, -0.05) is 12.1 Å². The van der Waals surface area contributed by atoms with Crippen LogP contribution in [0.5, 0.6) is 5.75 Å². The van der Waals surface area contributed by atoms with E-state index in [0.717, 1.165) is 12.8 Å². The molecule has 1 fully saturated rings. The van der Waals surface area contributed by atoms with Crippen LogP contribution >= 0.6 is 0 Å². The minimum absolute atomic E-state index is 0.121. The molecule has 1 aliphatic rings. The summed E-state index contributed by atoms with van der Waals surface area (Å²) in [6, 6.07) is 12.7. The average molecular weight is 357 g/mol. The zero-order chi connectivity index (χ0) is 18.4. The average Bonchev–Trinajstić information content (AvgIpc) is 3.39. The van der Waals surface area contributed by atoms with Gasteiger partial charge in [0.05, 0.1) is 13.0 Å². The molecule has 3 amide bonds. The molecule has 6 nitrogen and oxygen atoms in total. The standard InChI is InChI=1S/C19H20FN3O3/c20-13-3-1-6-17(11-13)26-10-9-18(24)21-15-4-2-5-16(12-15)23-19(25)22-14-7-8-14/h1-6,11-12,14H,7-10H2,(H,21,24)(H2,22,23,25). The molecule has 0 atom stereocenters. The highest BCUT2D eigenvalue weighted by Crippen LogP contribution is 2.20. The van der Waals surface area contributed by atoms with Gasteiger partial charge in [-0.2, -0.15) is 0 Å². The van der Waals surface area contributed by atoms with Gasteiger partial charge in [-0.25, -0.2) is 9.18 Å². The van der Waals surface area contributed by atoms with Gasteiger partial charge in [0.1, 0.15) is 11.6 Å². The maximum atomic E-state index is 13.0. The molecule has 3 rings (SSSR count). The number of benzene rings is 2. The molecule has 136 valence electrons. The number of amides is 3. The van der Waals surface area contributed by atoms with Crippen LogP contribution in [0.25, 0.3) is 0 Å². The molecule has 0 heterocycles. The minimum Gasteiger partial charge on any atom is -0.493 e. The maximum absolute atomic E-state index is 13.0. The van der Waals surface area contributed by atoms with E-state index in [4.69, 9.17) is 4.74 Å². The van der Waals surface area contributed by atoms with E-state index in [1.165, 1.54) is 12.1 Å². The highest BCUT2D eigenvalue weighted by atomic mass is 19.1. The van der Waals surface area contributed by atoms with Crippen molar-refractivity contribution in [1.29, 1.82) is 0 Å². The first kappa shape index (κ1) is 17.7. The minimum atomic E-state index is -0.387. The van der Waals surface area contributed by atoms with E-state index in [1.807, 2.05) is 0 Å². The summed E-state index contributed by atoms with van der Waals surface area (Å²) in [5.41, 5.74) is 1.17. The molecule has 2 aromatic carbocycles. The second-order valence-corrected chi connectivity index (χ2v) is 6.06. The monoisotopic (exact) mass is 357 g/mol. The Morgan fingerprint density at radius 2 is 1.77 bits per heavy atom. The van der Waals surface area contributed by atoms with Crippen LogP contribution in [0.4, 0.5) is 20.6 Å². The van der Waals surface area contributed by atoms with E-state index >= 15 is 0 Å². The number of nitrogens with one attached hydrogen (secondary N) is 3. The third-order valence-corrected chi connectivity index (χ3v) is 3.71. The van der Waals surface area contributed by atoms with Crippen molar-refractivity contribution in [2.24, 2.45) is 0 Å². The van der Waals surface area contributed by atoms with Crippen LogP contribution < -0.4 is 20.7 Å². The first-order chi connectivity index (χ1) is 12.6. The second-order valence-electron chi connectivity index (χ2n) is 6.06. The quantitative estimate of drug-likeness (QED) is 0.709. The molecule has 1 saturated carbocycles. The molecule has 1 aliphatic carbocycles. The molecule has 0 aliphatic heterocycles. The molecule has 0 unspecified atom stereocenters. The van der Waals surface area contributed by atoms with Gasteiger partial charge in [-0.3, -0.25) is 4.79 Å². The molecular weight excluding hydrogens is 337 g/mol. The molecule has 0 spiro atoms. The summed E-state index contributed by atoms with van der Waals surface area (Å²) >= 11 is 0. The Balaban J connectivity index is 1.44. The van der Waals surface area contributed by atoms with Gasteiger partial charge in [-0.05, 0) is 43.2 Å². The Kier molecular flexibility index (Phi) is 5.68. The summed E-state index contributed by atoms with van der Waals surface area (Å²) in [6.07, 6.45) is 2.15. The van der Waals surface area contributed by atoms with Crippen molar-refractivity contribution in [1.82, 2.24) is 5.32 Å². The lowest BCUT2D eigenvalue weighted by Gasteiger charge is -2.10. The Bertz CT molecular complexity index is 793. The number of halogens is 1. The molecule has 26 heavy (non-hydrogen) atoms. The summed E-state index contributed by atoms with van der Waals surface area (Å²) in [5, 5.41) is 8.31. The highest BCUT2D eigenvalue weighted by Gasteiger charge is 2.23. The lowest BCUT2D eigenvalue weighted by Crippen LogP contribution is -2.30. The normalized spacial score (nSPS) is 13.0. The third kappa shape index (κ3) is 5.77. The van der Waals surface area contributed by atoms with E-state index in [1.54, 1.807) is 36.4 Å². The molecule has 3 N–H and O–H groups in total. The van der Waals surface area contributed by atoms with Gasteiger partial charge >= 0.3 is 6.03 Å². The van der Waals surface area contributed by atoms with Crippen molar-refractivity contribution in [2.45, 2.75) is 25.3 Å². The number of ether oxygens (including phenoxy) is 1. The number of hydrogen-bond donors (Lipinski definition) is 3. The maximum Gasteiger partial charge on any atom is 0.319 e. The predicted molar refractivity (Wildman–Crippen MR) is 96.8 cm³/mol. The van der Waals surface area contributed by atoms with Gasteiger partial charge < -0.3 is 20.7 Å². The fourth-order valence-corrected chi connectivity index (χ4v) is 2.30.